The topological polar surface area (TPSA) is 47.6 Å². The summed E-state index contributed by atoms with van der Waals surface area (Å²) in [4.78, 5) is 13.0. The average molecular weight is 426 g/mol. The normalized spacial score (nSPS) is 25.2. The number of methoxy groups -OCH3 is 1. The third-order valence-corrected chi connectivity index (χ3v) is 10.4. The van der Waals surface area contributed by atoms with Gasteiger partial charge in [0.2, 0.25) is 0 Å². The number of nitrogens with zero attached hydrogens (tertiary/aromatic N) is 1. The second-order valence-corrected chi connectivity index (χ2v) is 15.1. The van der Waals surface area contributed by atoms with Crippen LogP contribution in [0.25, 0.3) is 0 Å². The first-order valence-corrected chi connectivity index (χ1v) is 14.2. The van der Waals surface area contributed by atoms with Gasteiger partial charge in [-0.15, -0.1) is 0 Å². The smallest absolute Gasteiger partial charge is 0.316 e. The van der Waals surface area contributed by atoms with Crippen molar-refractivity contribution in [1.29, 1.82) is 0 Å². The zero-order valence-electron chi connectivity index (χ0n) is 18.5. The number of ether oxygens (including phenoxy) is 2. The van der Waals surface area contributed by atoms with Gasteiger partial charge in [0, 0.05) is 31.3 Å². The van der Waals surface area contributed by atoms with Crippen molar-refractivity contribution < 1.29 is 18.4 Å². The van der Waals surface area contributed by atoms with E-state index in [1.165, 1.54) is 5.56 Å². The van der Waals surface area contributed by atoms with Gasteiger partial charge in [-0.2, -0.15) is 0 Å². The number of hydrogen-bond donors (Lipinski definition) is 1. The van der Waals surface area contributed by atoms with Crippen LogP contribution in [0, 0.1) is 5.92 Å². The Labute approximate surface area is 180 Å². The molecule has 0 saturated carbocycles. The molecule has 0 radical (unpaired) electrons. The highest BCUT2D eigenvalue weighted by Crippen LogP contribution is 2.47. The zero-order valence-corrected chi connectivity index (χ0v) is 19.5. The highest BCUT2D eigenvalue weighted by Gasteiger charge is 2.59. The molecule has 0 bridgehead atoms. The number of carbonyl (C=O) groups is 1. The minimum atomic E-state index is -1.80. The number of benzene rings is 2. The number of nitrogens with one attached hydrogen (secondary N) is 1. The lowest BCUT2D eigenvalue weighted by molar-refractivity contribution is -0.872. The van der Waals surface area contributed by atoms with Gasteiger partial charge in [0.05, 0.1) is 24.4 Å². The lowest BCUT2D eigenvalue weighted by Crippen LogP contribution is -2.69. The predicted octanol–water partition coefficient (Wildman–Crippen LogP) is 3.52. The monoisotopic (exact) mass is 425 g/mol. The van der Waals surface area contributed by atoms with E-state index in [9.17, 15) is 4.79 Å². The Morgan fingerprint density at radius 1 is 1.13 bits per heavy atom. The molecule has 4 rings (SSSR count). The molecule has 30 heavy (non-hydrogen) atoms. The molecule has 160 valence electrons. The number of esters is 1. The van der Waals surface area contributed by atoms with Gasteiger partial charge in [0.1, 0.15) is 5.75 Å². The molecule has 5 nitrogen and oxygen atoms in total. The van der Waals surface area contributed by atoms with E-state index in [1.807, 2.05) is 12.1 Å². The van der Waals surface area contributed by atoms with E-state index in [2.05, 4.69) is 67.4 Å². The molecule has 1 saturated heterocycles. The molecule has 2 aromatic rings. The van der Waals surface area contributed by atoms with Crippen molar-refractivity contribution in [3.8, 4) is 5.75 Å². The second kappa shape index (κ2) is 7.93. The number of rotatable bonds is 7. The molecule has 3 unspecified atom stereocenters. The molecule has 0 aliphatic carbocycles. The Balaban J connectivity index is 1.85. The Kier molecular flexibility index (Phi) is 5.61. The SMILES string of the molecule is COC[N+](Cc1ccccc1)(CC12CNCC1C(=O)Oc1ccccc12)[Si](C)(C)C. The van der Waals surface area contributed by atoms with E-state index in [-0.39, 0.29) is 17.3 Å². The van der Waals surface area contributed by atoms with Crippen molar-refractivity contribution in [2.45, 2.75) is 31.6 Å². The van der Waals surface area contributed by atoms with Gasteiger partial charge >= 0.3 is 5.97 Å². The van der Waals surface area contributed by atoms with Crippen LogP contribution >= 0.6 is 0 Å². The zero-order chi connectivity index (χ0) is 21.4. The summed E-state index contributed by atoms with van der Waals surface area (Å²) in [6, 6.07) is 18.8. The summed E-state index contributed by atoms with van der Waals surface area (Å²) < 4.78 is 12.5. The van der Waals surface area contributed by atoms with Crippen LogP contribution < -0.4 is 10.1 Å². The van der Waals surface area contributed by atoms with Crippen LogP contribution in [0.1, 0.15) is 11.1 Å². The molecule has 0 amide bonds. The molecule has 0 spiro atoms. The fraction of sp³-hybridized carbons (Fsp3) is 0.458. The molecule has 2 heterocycles. The highest BCUT2D eigenvalue weighted by atomic mass is 28.3. The highest BCUT2D eigenvalue weighted by molar-refractivity contribution is 6.69. The molecular weight excluding hydrogens is 392 g/mol. The number of fused-ring (bicyclic) bond motifs is 3. The predicted molar refractivity (Wildman–Crippen MR) is 121 cm³/mol. The van der Waals surface area contributed by atoms with Gasteiger partial charge in [-0.1, -0.05) is 48.5 Å². The number of quaternary nitrogens is 1. The Morgan fingerprint density at radius 2 is 1.83 bits per heavy atom. The van der Waals surface area contributed by atoms with Gasteiger partial charge in [0.25, 0.3) is 8.24 Å². The molecule has 6 heteroatoms. The van der Waals surface area contributed by atoms with Crippen molar-refractivity contribution in [3.63, 3.8) is 0 Å². The van der Waals surface area contributed by atoms with Crippen LogP contribution in [-0.2, 0) is 21.5 Å². The third kappa shape index (κ3) is 3.52. The quantitative estimate of drug-likeness (QED) is 0.319. The van der Waals surface area contributed by atoms with Gasteiger partial charge < -0.3 is 18.9 Å². The first-order valence-electron chi connectivity index (χ1n) is 10.7. The largest absolute Gasteiger partial charge is 0.426 e. The number of carbonyl (C=O) groups excluding carboxylic acids is 1. The minimum Gasteiger partial charge on any atom is -0.426 e. The van der Waals surface area contributed by atoms with E-state index < -0.39 is 8.24 Å². The van der Waals surface area contributed by atoms with Crippen molar-refractivity contribution in [2.75, 3.05) is 33.5 Å². The third-order valence-electron chi connectivity index (χ3n) is 7.09. The summed E-state index contributed by atoms with van der Waals surface area (Å²) in [5.41, 5.74) is 2.17. The maximum absolute atomic E-state index is 13.0. The maximum Gasteiger partial charge on any atom is 0.316 e. The Bertz CT molecular complexity index is 914. The van der Waals surface area contributed by atoms with Gasteiger partial charge in [-0.25, -0.2) is 0 Å². The Morgan fingerprint density at radius 3 is 2.53 bits per heavy atom. The lowest BCUT2D eigenvalue weighted by Gasteiger charge is -2.53. The van der Waals surface area contributed by atoms with Crippen LogP contribution in [0.5, 0.6) is 5.75 Å². The molecule has 2 aliphatic heterocycles. The average Bonchev–Trinajstić information content (AvgIpc) is 3.13. The summed E-state index contributed by atoms with van der Waals surface area (Å²) in [5.74, 6) is 0.437. The van der Waals surface area contributed by atoms with E-state index in [0.717, 1.165) is 29.3 Å². The summed E-state index contributed by atoms with van der Waals surface area (Å²) in [6.07, 6.45) is 0. The summed E-state index contributed by atoms with van der Waals surface area (Å²) in [6.45, 7) is 11.1. The molecule has 1 N–H and O–H groups in total. The number of para-hydroxylation sites is 1. The molecule has 3 atom stereocenters. The summed E-state index contributed by atoms with van der Waals surface area (Å²) >= 11 is 0. The van der Waals surface area contributed by atoms with Crippen molar-refractivity contribution >= 4 is 14.2 Å². The number of hydrogen-bond acceptors (Lipinski definition) is 4. The van der Waals surface area contributed by atoms with E-state index in [1.54, 1.807) is 7.11 Å². The van der Waals surface area contributed by atoms with Crippen molar-refractivity contribution in [2.24, 2.45) is 5.92 Å². The van der Waals surface area contributed by atoms with E-state index in [4.69, 9.17) is 9.47 Å². The Hall–Kier alpha value is -1.99. The standard InChI is InChI=1S/C24H33N2O3Si/c1-28-18-26(30(2,3)4,15-19-10-6-5-7-11-19)17-24-16-25-14-21(24)23(27)29-22-13-9-8-12-20(22)24/h5-13,21,25H,14-18H2,1-4H3/q+1. The lowest BCUT2D eigenvalue weighted by atomic mass is 9.70. The van der Waals surface area contributed by atoms with Crippen LogP contribution in [0.2, 0.25) is 19.6 Å². The second-order valence-electron chi connectivity index (χ2n) is 9.79. The van der Waals surface area contributed by atoms with Gasteiger partial charge in [-0.3, -0.25) is 4.79 Å². The molecular formula is C24H33N2O3Si+. The van der Waals surface area contributed by atoms with E-state index >= 15 is 0 Å². The first-order chi connectivity index (χ1) is 14.3. The summed E-state index contributed by atoms with van der Waals surface area (Å²) in [5, 5.41) is 3.52. The minimum absolute atomic E-state index is 0.107. The van der Waals surface area contributed by atoms with Crippen LogP contribution in [0.15, 0.2) is 54.6 Å². The van der Waals surface area contributed by atoms with Crippen LogP contribution in [-0.4, -0.2) is 51.8 Å². The fourth-order valence-electron chi connectivity index (χ4n) is 5.28. The first kappa shape index (κ1) is 21.2. The van der Waals surface area contributed by atoms with Crippen molar-refractivity contribution in [1.82, 2.24) is 5.32 Å². The summed E-state index contributed by atoms with van der Waals surface area (Å²) in [7, 11) is -0.00551. The fourth-order valence-corrected chi connectivity index (χ4v) is 7.21. The van der Waals surface area contributed by atoms with Crippen molar-refractivity contribution in [3.05, 3.63) is 65.7 Å². The maximum atomic E-state index is 13.0. The molecule has 2 aromatic carbocycles. The van der Waals surface area contributed by atoms with Gasteiger partial charge in [-0.05, 0) is 25.7 Å². The van der Waals surface area contributed by atoms with Crippen LogP contribution in [0.4, 0.5) is 0 Å². The van der Waals surface area contributed by atoms with Gasteiger partial charge in [0.15, 0.2) is 6.73 Å². The molecule has 1 fully saturated rings. The molecule has 0 aromatic heterocycles. The van der Waals surface area contributed by atoms with Crippen LogP contribution in [0.3, 0.4) is 0 Å². The molecule has 2 aliphatic rings. The van der Waals surface area contributed by atoms with E-state index in [0.29, 0.717) is 19.0 Å².